The molecule has 0 saturated heterocycles. The van der Waals surface area contributed by atoms with Crippen LogP contribution >= 0.6 is 0 Å². The summed E-state index contributed by atoms with van der Waals surface area (Å²) in [6.07, 6.45) is 0.641. The molecule has 2 N–H and O–H groups in total. The van der Waals surface area contributed by atoms with E-state index in [1.165, 1.54) is 20.7 Å². The highest BCUT2D eigenvalue weighted by Gasteiger charge is 2.42. The maximum absolute atomic E-state index is 13.9. The number of aryl methyl sites for hydroxylation is 2. The van der Waals surface area contributed by atoms with Gasteiger partial charge in [0.05, 0.1) is 88.0 Å². The van der Waals surface area contributed by atoms with Crippen LogP contribution in [-0.2, 0) is 83.2 Å². The van der Waals surface area contributed by atoms with Crippen molar-refractivity contribution in [2.24, 2.45) is 10.8 Å². The Morgan fingerprint density at radius 2 is 1.03 bits per heavy atom. The summed E-state index contributed by atoms with van der Waals surface area (Å²) in [5.41, 5.74) is 2.28. The van der Waals surface area contributed by atoms with Crippen molar-refractivity contribution in [2.45, 2.75) is 129 Å². The van der Waals surface area contributed by atoms with Gasteiger partial charge in [-0.05, 0) is 113 Å². The number of fused-ring (bicyclic) bond motifs is 2. The largest absolute Gasteiger partial charge is 0.488 e. The second-order valence-corrected chi connectivity index (χ2v) is 24.5. The zero-order valence-corrected chi connectivity index (χ0v) is 46.0. The zero-order valence-electron chi connectivity index (χ0n) is 44.4. The molecule has 77 heavy (non-hydrogen) atoms. The summed E-state index contributed by atoms with van der Waals surface area (Å²) >= 11 is 0. The van der Waals surface area contributed by atoms with Crippen molar-refractivity contribution in [2.75, 3.05) is 26.3 Å². The SMILES string of the molecule is Cc1ccc(C(OCc2cn(CCOCCn3cc(CO[C@@H](c4ccc(C)c(CN5C[C@@H](C)Oc6ccccc6S5(=O)=O)c4)C(C)(C)C(=O)O)nn3)nn2)C(C)(C)C(=O)O)cc1CN1C[C@@H](C)Oc2ccccc2S1(=O)=O. The third-order valence-electron chi connectivity index (χ3n) is 13.9. The summed E-state index contributed by atoms with van der Waals surface area (Å²) < 4.78 is 91.9. The van der Waals surface area contributed by atoms with Crippen LogP contribution in [0.15, 0.2) is 107 Å². The highest BCUT2D eigenvalue weighted by molar-refractivity contribution is 7.89. The molecule has 4 atom stereocenters. The van der Waals surface area contributed by atoms with Gasteiger partial charge in [-0.2, -0.15) is 8.61 Å². The van der Waals surface area contributed by atoms with Crippen LogP contribution in [0, 0.1) is 24.7 Å². The first-order chi connectivity index (χ1) is 36.4. The molecule has 21 nitrogen and oxygen atoms in total. The summed E-state index contributed by atoms with van der Waals surface area (Å²) in [4.78, 5) is 25.5. The lowest BCUT2D eigenvalue weighted by molar-refractivity contribution is -0.159. The van der Waals surface area contributed by atoms with Crippen molar-refractivity contribution < 1.29 is 60.3 Å². The van der Waals surface area contributed by atoms with Crippen LogP contribution in [0.25, 0.3) is 0 Å². The van der Waals surface area contributed by atoms with E-state index in [-0.39, 0.29) is 62.4 Å². The van der Waals surface area contributed by atoms with Crippen LogP contribution in [0.3, 0.4) is 0 Å². The predicted molar refractivity (Wildman–Crippen MR) is 279 cm³/mol. The van der Waals surface area contributed by atoms with E-state index in [4.69, 9.17) is 23.7 Å². The number of hydrogen-bond donors (Lipinski definition) is 2. The molecule has 2 aliphatic heterocycles. The Balaban J connectivity index is 0.846. The number of ether oxygens (including phenoxy) is 5. The number of sulfonamides is 2. The Kier molecular flexibility index (Phi) is 17.0. The molecule has 0 aliphatic carbocycles. The number of carboxylic acids is 2. The number of hydrogen-bond acceptors (Lipinski definition) is 15. The molecular weight excluding hydrogens is 1030 g/mol. The second-order valence-electron chi connectivity index (χ2n) is 20.7. The summed E-state index contributed by atoms with van der Waals surface area (Å²) in [5.74, 6) is -1.57. The standard InChI is InChI=1S/C54H66N8O13S2/c1-35-17-19-39(25-41(35)29-61-27-37(3)74-45-13-9-11-15-47(45)76(61,67)68)49(53(5,6)51(63)64)72-33-43-31-59(57-55-43)21-23-71-24-22-60-32-44(56-58-60)34-73-50(54(7,8)52(65)66)40-20-18-36(2)42(26-40)30-62-28-38(4)75-46-14-10-12-16-48(46)77(62,69)70/h9-20,25-26,31-32,37-38,49-50H,21-24,27-30,33-34H2,1-8H3,(H,63,64)(H,65,66)/t37-,38-,49+,50?/m1/s1. The number of nitrogens with zero attached hydrogens (tertiary/aromatic N) is 8. The summed E-state index contributed by atoms with van der Waals surface area (Å²) in [7, 11) is -7.84. The van der Waals surface area contributed by atoms with E-state index in [2.05, 4.69) is 20.6 Å². The first kappa shape index (κ1) is 56.6. The van der Waals surface area contributed by atoms with Gasteiger partial charge in [0.15, 0.2) is 0 Å². The fourth-order valence-corrected chi connectivity index (χ4v) is 12.5. The molecule has 0 spiro atoms. The monoisotopic (exact) mass is 1100 g/mol. The molecule has 0 fully saturated rings. The first-order valence-corrected chi connectivity index (χ1v) is 28.1. The highest BCUT2D eigenvalue weighted by atomic mass is 32.2. The molecule has 8 rings (SSSR count). The lowest BCUT2D eigenvalue weighted by Crippen LogP contribution is -2.36. The minimum atomic E-state index is -3.92. The first-order valence-electron chi connectivity index (χ1n) is 25.2. The average Bonchev–Trinajstić information content (AvgIpc) is 4.02. The number of carboxylic acid groups (broad SMARTS) is 2. The van der Waals surface area contributed by atoms with Gasteiger partial charge in [0, 0.05) is 13.1 Å². The molecule has 0 bridgehead atoms. The molecule has 4 heterocycles. The third kappa shape index (κ3) is 12.7. The van der Waals surface area contributed by atoms with E-state index in [0.717, 1.165) is 11.1 Å². The molecular formula is C54H66N8O13S2. The number of aliphatic carboxylic acids is 2. The maximum atomic E-state index is 13.9. The van der Waals surface area contributed by atoms with Crippen molar-refractivity contribution in [3.05, 3.63) is 142 Å². The summed E-state index contributed by atoms with van der Waals surface area (Å²) in [6, 6.07) is 24.0. The van der Waals surface area contributed by atoms with Gasteiger partial charge in [-0.1, -0.05) is 71.1 Å². The molecule has 0 saturated carbocycles. The molecule has 0 amide bonds. The van der Waals surface area contributed by atoms with Crippen LogP contribution < -0.4 is 9.47 Å². The van der Waals surface area contributed by atoms with Crippen molar-refractivity contribution in [3.8, 4) is 11.5 Å². The van der Waals surface area contributed by atoms with Gasteiger partial charge in [-0.3, -0.25) is 9.59 Å². The topological polar surface area (TPSA) is 257 Å². The van der Waals surface area contributed by atoms with E-state index >= 15 is 0 Å². The molecule has 2 aliphatic rings. The molecule has 2 aromatic heterocycles. The highest BCUT2D eigenvalue weighted by Crippen LogP contribution is 2.41. The van der Waals surface area contributed by atoms with Crippen LogP contribution in [-0.4, -0.2) is 116 Å². The van der Waals surface area contributed by atoms with Crippen LogP contribution in [0.5, 0.6) is 11.5 Å². The Bertz CT molecular complexity index is 3110. The second kappa shape index (κ2) is 23.2. The van der Waals surface area contributed by atoms with Gasteiger partial charge in [0.2, 0.25) is 20.0 Å². The van der Waals surface area contributed by atoms with Gasteiger partial charge in [-0.25, -0.2) is 26.2 Å². The van der Waals surface area contributed by atoms with E-state index in [0.29, 0.717) is 58.2 Å². The summed E-state index contributed by atoms with van der Waals surface area (Å²) in [5, 5.41) is 37.6. The number of carbonyl (C=O) groups is 2. The third-order valence-corrected chi connectivity index (χ3v) is 17.6. The van der Waals surface area contributed by atoms with Gasteiger partial charge in [0.25, 0.3) is 0 Å². The Morgan fingerprint density at radius 3 is 1.42 bits per heavy atom. The zero-order chi connectivity index (χ0) is 55.5. The quantitative estimate of drug-likeness (QED) is 0.0656. The Morgan fingerprint density at radius 1 is 0.636 bits per heavy atom. The number of rotatable bonds is 22. The van der Waals surface area contributed by atoms with Crippen LogP contribution in [0.4, 0.5) is 0 Å². The smallest absolute Gasteiger partial charge is 0.312 e. The van der Waals surface area contributed by atoms with Crippen LogP contribution in [0.1, 0.15) is 98.5 Å². The lowest BCUT2D eigenvalue weighted by Gasteiger charge is -2.31. The van der Waals surface area contributed by atoms with Gasteiger partial charge in [-0.15, -0.1) is 10.2 Å². The Labute approximate surface area is 448 Å². The van der Waals surface area contributed by atoms with Crippen LogP contribution in [0.2, 0.25) is 0 Å². The lowest BCUT2D eigenvalue weighted by atomic mass is 9.81. The Hall–Kier alpha value is -6.60. The van der Waals surface area contributed by atoms with Gasteiger partial charge >= 0.3 is 11.9 Å². The van der Waals surface area contributed by atoms with Crippen molar-refractivity contribution in [3.63, 3.8) is 0 Å². The minimum Gasteiger partial charge on any atom is -0.488 e. The van der Waals surface area contributed by atoms with E-state index in [9.17, 15) is 36.6 Å². The predicted octanol–water partition coefficient (Wildman–Crippen LogP) is 6.88. The van der Waals surface area contributed by atoms with Gasteiger partial charge in [0.1, 0.15) is 44.9 Å². The average molecular weight is 1100 g/mol. The molecule has 23 heteroatoms. The molecule has 4 aromatic carbocycles. The fraction of sp³-hybridized carbons (Fsp3) is 0.444. The normalized spacial score (nSPS) is 18.4. The fourth-order valence-electron chi connectivity index (χ4n) is 9.26. The van der Waals surface area contributed by atoms with E-state index in [1.807, 2.05) is 39.8 Å². The van der Waals surface area contributed by atoms with Crippen molar-refractivity contribution >= 4 is 32.0 Å². The maximum Gasteiger partial charge on any atom is 0.312 e. The molecule has 6 aromatic rings. The summed E-state index contributed by atoms with van der Waals surface area (Å²) in [6.45, 7) is 15.1. The van der Waals surface area contributed by atoms with Gasteiger partial charge < -0.3 is 33.9 Å². The van der Waals surface area contributed by atoms with Crippen molar-refractivity contribution in [1.29, 1.82) is 0 Å². The minimum absolute atomic E-state index is 0.0364. The number of benzene rings is 4. The van der Waals surface area contributed by atoms with E-state index in [1.54, 1.807) is 110 Å². The number of para-hydroxylation sites is 2. The molecule has 412 valence electrons. The number of aromatic nitrogens is 6. The molecule has 0 radical (unpaired) electrons. The van der Waals surface area contributed by atoms with Crippen molar-refractivity contribution in [1.82, 2.24) is 38.6 Å². The van der Waals surface area contributed by atoms with E-state index < -0.39 is 67.2 Å². The molecule has 1 unspecified atom stereocenters.